The monoisotopic (exact) mass is 344 g/mol. The highest BCUT2D eigenvalue weighted by molar-refractivity contribution is 6.35. The van der Waals surface area contributed by atoms with Crippen molar-refractivity contribution in [2.75, 3.05) is 5.32 Å². The Balaban J connectivity index is 2.12. The molecule has 0 bridgehead atoms. The van der Waals surface area contributed by atoms with Gasteiger partial charge < -0.3 is 5.32 Å². The molecule has 2 N–H and O–H groups in total. The van der Waals surface area contributed by atoms with Gasteiger partial charge in [-0.15, -0.1) is 0 Å². The van der Waals surface area contributed by atoms with Crippen LogP contribution >= 0.6 is 23.2 Å². The summed E-state index contributed by atoms with van der Waals surface area (Å²) in [6, 6.07) is 7.77. The topological polar surface area (TPSA) is 58.2 Å². The number of nitrogens with one attached hydrogen (secondary N) is 2. The van der Waals surface area contributed by atoms with E-state index in [9.17, 15) is 18.4 Å². The maximum absolute atomic E-state index is 13.7. The third-order valence-corrected chi connectivity index (χ3v) is 3.22. The number of benzene rings is 2. The zero-order valence-corrected chi connectivity index (χ0v) is 12.3. The van der Waals surface area contributed by atoms with Crippen molar-refractivity contribution >= 4 is 40.8 Å². The molecule has 0 heterocycles. The lowest BCUT2D eigenvalue weighted by Gasteiger charge is -2.09. The van der Waals surface area contributed by atoms with Crippen molar-refractivity contribution < 1.29 is 18.4 Å². The van der Waals surface area contributed by atoms with Crippen molar-refractivity contribution in [1.82, 2.24) is 5.32 Å². The molecule has 0 aliphatic rings. The number of amides is 3. The number of anilines is 1. The second-order valence-corrected chi connectivity index (χ2v) is 4.91. The molecule has 2 aromatic carbocycles. The van der Waals surface area contributed by atoms with Gasteiger partial charge in [0.2, 0.25) is 0 Å². The smallest absolute Gasteiger partial charge is 0.305 e. The van der Waals surface area contributed by atoms with Crippen LogP contribution in [0.15, 0.2) is 36.4 Å². The Hall–Kier alpha value is -2.18. The van der Waals surface area contributed by atoms with E-state index in [1.54, 1.807) is 18.2 Å². The van der Waals surface area contributed by atoms with Crippen molar-refractivity contribution in [1.29, 1.82) is 0 Å². The fourth-order valence-electron chi connectivity index (χ4n) is 1.58. The molecular formula is C14H8Cl2F2N2O2. The highest BCUT2D eigenvalue weighted by Crippen LogP contribution is 2.31. The summed E-state index contributed by atoms with van der Waals surface area (Å²) in [5.41, 5.74) is -0.206. The number of rotatable bonds is 2. The lowest BCUT2D eigenvalue weighted by Crippen LogP contribution is -2.34. The number of urea groups is 1. The maximum Gasteiger partial charge on any atom is 0.326 e. The highest BCUT2D eigenvalue weighted by atomic mass is 35.5. The van der Waals surface area contributed by atoms with Crippen LogP contribution in [0, 0.1) is 11.6 Å². The first kappa shape index (κ1) is 16.2. The molecule has 2 aromatic rings. The second kappa shape index (κ2) is 6.72. The van der Waals surface area contributed by atoms with Crippen LogP contribution in [0.1, 0.15) is 10.4 Å². The minimum atomic E-state index is -1.19. The number of halogens is 4. The van der Waals surface area contributed by atoms with E-state index >= 15 is 0 Å². The Morgan fingerprint density at radius 2 is 1.64 bits per heavy atom. The van der Waals surface area contributed by atoms with Gasteiger partial charge in [0.15, 0.2) is 11.6 Å². The van der Waals surface area contributed by atoms with Gasteiger partial charge in [0.05, 0.1) is 10.7 Å². The molecule has 8 heteroatoms. The molecule has 0 atom stereocenters. The van der Waals surface area contributed by atoms with E-state index in [-0.39, 0.29) is 5.56 Å². The molecule has 0 aliphatic carbocycles. The van der Waals surface area contributed by atoms with Crippen LogP contribution in [-0.4, -0.2) is 11.9 Å². The summed E-state index contributed by atoms with van der Waals surface area (Å²) in [6.07, 6.45) is 0. The van der Waals surface area contributed by atoms with Gasteiger partial charge >= 0.3 is 6.03 Å². The first-order chi connectivity index (χ1) is 10.4. The summed E-state index contributed by atoms with van der Waals surface area (Å²) in [5.74, 6) is -3.00. The summed E-state index contributed by atoms with van der Waals surface area (Å²) < 4.78 is 27.0. The normalized spacial score (nSPS) is 10.2. The number of carbonyl (C=O) groups excluding carboxylic acids is 2. The Bertz CT molecular complexity index is 739. The fourth-order valence-corrected chi connectivity index (χ4v) is 2.04. The third kappa shape index (κ3) is 3.52. The van der Waals surface area contributed by atoms with E-state index in [1.165, 1.54) is 12.1 Å². The highest BCUT2D eigenvalue weighted by Gasteiger charge is 2.18. The lowest BCUT2D eigenvalue weighted by molar-refractivity contribution is 0.0967. The largest absolute Gasteiger partial charge is 0.326 e. The van der Waals surface area contributed by atoms with Crippen LogP contribution in [-0.2, 0) is 0 Å². The average Bonchev–Trinajstić information content (AvgIpc) is 2.51. The zero-order chi connectivity index (χ0) is 16.3. The van der Waals surface area contributed by atoms with Crippen LogP contribution in [0.4, 0.5) is 19.3 Å². The van der Waals surface area contributed by atoms with E-state index in [1.807, 2.05) is 10.6 Å². The Labute approximate surface area is 134 Å². The standard InChI is InChI=1S/C14H8Cl2F2N2O2/c15-8-6-9(12(18)10(16)11(8)17)19-14(22)20-13(21)7-4-2-1-3-5-7/h1-6H,(H2,19,20,21,22). The number of carbonyl (C=O) groups is 2. The van der Waals surface area contributed by atoms with Crippen molar-refractivity contribution in [2.24, 2.45) is 0 Å². The number of imide groups is 1. The number of hydrogen-bond acceptors (Lipinski definition) is 2. The first-order valence-corrected chi connectivity index (χ1v) is 6.66. The molecular weight excluding hydrogens is 337 g/mol. The molecule has 0 unspecified atom stereocenters. The summed E-state index contributed by atoms with van der Waals surface area (Å²) in [4.78, 5) is 23.4. The molecule has 0 spiro atoms. The molecule has 2 rings (SSSR count). The summed E-state index contributed by atoms with van der Waals surface area (Å²) in [7, 11) is 0. The zero-order valence-electron chi connectivity index (χ0n) is 10.8. The van der Waals surface area contributed by atoms with E-state index in [2.05, 4.69) is 0 Å². The lowest BCUT2D eigenvalue weighted by atomic mass is 10.2. The Morgan fingerprint density at radius 1 is 1.00 bits per heavy atom. The first-order valence-electron chi connectivity index (χ1n) is 5.90. The summed E-state index contributed by atoms with van der Waals surface area (Å²) >= 11 is 10.9. The van der Waals surface area contributed by atoms with Crippen LogP contribution < -0.4 is 10.6 Å². The minimum absolute atomic E-state index is 0.244. The summed E-state index contributed by atoms with van der Waals surface area (Å²) in [6.45, 7) is 0. The predicted octanol–water partition coefficient (Wildman–Crippen LogP) is 4.23. The minimum Gasteiger partial charge on any atom is -0.305 e. The van der Waals surface area contributed by atoms with Gasteiger partial charge in [0, 0.05) is 5.56 Å². The van der Waals surface area contributed by atoms with Crippen molar-refractivity contribution in [3.8, 4) is 0 Å². The van der Waals surface area contributed by atoms with Gasteiger partial charge in [0.25, 0.3) is 5.91 Å². The molecule has 4 nitrogen and oxygen atoms in total. The molecule has 0 radical (unpaired) electrons. The molecule has 3 amide bonds. The van der Waals surface area contributed by atoms with Gasteiger partial charge in [-0.3, -0.25) is 10.1 Å². The van der Waals surface area contributed by atoms with Crippen molar-refractivity contribution in [3.05, 3.63) is 63.6 Å². The van der Waals surface area contributed by atoms with Gasteiger partial charge in [-0.05, 0) is 18.2 Å². The van der Waals surface area contributed by atoms with E-state index < -0.39 is 39.3 Å². The maximum atomic E-state index is 13.7. The van der Waals surface area contributed by atoms with Crippen LogP contribution in [0.3, 0.4) is 0 Å². The van der Waals surface area contributed by atoms with Gasteiger partial charge in [-0.1, -0.05) is 41.4 Å². The predicted molar refractivity (Wildman–Crippen MR) is 79.3 cm³/mol. The van der Waals surface area contributed by atoms with Gasteiger partial charge in [-0.2, -0.15) is 0 Å². The van der Waals surface area contributed by atoms with Crippen LogP contribution in [0.2, 0.25) is 10.0 Å². The van der Waals surface area contributed by atoms with E-state index in [0.717, 1.165) is 6.07 Å². The van der Waals surface area contributed by atoms with Crippen molar-refractivity contribution in [2.45, 2.75) is 0 Å². The molecule has 22 heavy (non-hydrogen) atoms. The van der Waals surface area contributed by atoms with E-state index in [0.29, 0.717) is 0 Å². The quantitative estimate of drug-likeness (QED) is 0.632. The summed E-state index contributed by atoms with van der Waals surface area (Å²) in [5, 5.41) is 2.72. The third-order valence-electron chi connectivity index (χ3n) is 2.61. The molecule has 0 aromatic heterocycles. The Kier molecular flexibility index (Phi) is 4.95. The number of hydrogen-bond donors (Lipinski definition) is 2. The average molecular weight is 345 g/mol. The molecule has 0 saturated heterocycles. The second-order valence-electron chi connectivity index (χ2n) is 4.12. The van der Waals surface area contributed by atoms with E-state index in [4.69, 9.17) is 23.2 Å². The van der Waals surface area contributed by atoms with Crippen molar-refractivity contribution in [3.63, 3.8) is 0 Å². The van der Waals surface area contributed by atoms with Crippen LogP contribution in [0.5, 0.6) is 0 Å². The Morgan fingerprint density at radius 3 is 2.27 bits per heavy atom. The SMILES string of the molecule is O=C(NC(=O)c1ccccc1)Nc1cc(Cl)c(F)c(Cl)c1F. The molecule has 114 valence electrons. The van der Waals surface area contributed by atoms with Gasteiger partial charge in [-0.25, -0.2) is 13.6 Å². The molecule has 0 aliphatic heterocycles. The fraction of sp³-hybridized carbons (Fsp3) is 0. The molecule has 0 fully saturated rings. The van der Waals surface area contributed by atoms with Gasteiger partial charge in [0.1, 0.15) is 5.02 Å². The van der Waals surface area contributed by atoms with Crippen LogP contribution in [0.25, 0.3) is 0 Å². The molecule has 0 saturated carbocycles.